The van der Waals surface area contributed by atoms with Crippen molar-refractivity contribution in [3.05, 3.63) is 71.3 Å². The molecule has 0 spiro atoms. The van der Waals surface area contributed by atoms with Gasteiger partial charge < -0.3 is 4.18 Å². The molecule has 2 heterocycles. The van der Waals surface area contributed by atoms with Crippen molar-refractivity contribution in [1.82, 2.24) is 8.61 Å². The van der Waals surface area contributed by atoms with Gasteiger partial charge in [0.2, 0.25) is 10.0 Å². The summed E-state index contributed by atoms with van der Waals surface area (Å²) in [6.07, 6.45) is 0.338. The molecule has 31 heavy (non-hydrogen) atoms. The standard InChI is InChI=1S/C21H23ClN2O5S2/c1-5-21(14(2)3)13-23(30(25,26)16-11-9-15(4)10-12-16)20-17-7-6-8-18(22)19(17)29-31(27,28)24(20)21/h5-12,14,20H,1,13H2,2-4H3/t20-,21+/m1/s1. The number of hydrogen-bond donors (Lipinski definition) is 0. The Hall–Kier alpha value is -1.91. The van der Waals surface area contributed by atoms with Crippen molar-refractivity contribution in [3.8, 4) is 5.75 Å². The summed E-state index contributed by atoms with van der Waals surface area (Å²) < 4.78 is 61.7. The van der Waals surface area contributed by atoms with Crippen LogP contribution in [-0.2, 0) is 20.3 Å². The maximum atomic E-state index is 13.7. The van der Waals surface area contributed by atoms with Crippen molar-refractivity contribution in [3.63, 3.8) is 0 Å². The first-order valence-electron chi connectivity index (χ1n) is 9.70. The predicted octanol–water partition coefficient (Wildman–Crippen LogP) is 3.87. The second-order valence-electron chi connectivity index (χ2n) is 8.08. The minimum Gasteiger partial charge on any atom is -0.369 e. The first kappa shape index (κ1) is 22.3. The third kappa shape index (κ3) is 3.22. The third-order valence-corrected chi connectivity index (χ3v) is 9.51. The highest BCUT2D eigenvalue weighted by Crippen LogP contribution is 2.54. The van der Waals surface area contributed by atoms with Gasteiger partial charge in [-0.3, -0.25) is 0 Å². The fraction of sp³-hybridized carbons (Fsp3) is 0.333. The monoisotopic (exact) mass is 482 g/mol. The molecule has 0 saturated carbocycles. The second kappa shape index (κ2) is 7.31. The van der Waals surface area contributed by atoms with Gasteiger partial charge in [-0.25, -0.2) is 8.42 Å². The van der Waals surface area contributed by atoms with Crippen molar-refractivity contribution in [2.45, 2.75) is 37.4 Å². The number of benzene rings is 2. The van der Waals surface area contributed by atoms with E-state index in [1.807, 2.05) is 20.8 Å². The van der Waals surface area contributed by atoms with Crippen LogP contribution in [0.25, 0.3) is 0 Å². The highest BCUT2D eigenvalue weighted by atomic mass is 35.5. The quantitative estimate of drug-likeness (QED) is 0.617. The zero-order valence-corrected chi connectivity index (χ0v) is 19.7. The maximum absolute atomic E-state index is 13.7. The first-order valence-corrected chi connectivity index (χ1v) is 12.9. The fourth-order valence-corrected chi connectivity index (χ4v) is 7.85. The number of fused-ring (bicyclic) bond motifs is 3. The van der Waals surface area contributed by atoms with Gasteiger partial charge in [0, 0.05) is 12.1 Å². The number of nitrogens with zero attached hydrogens (tertiary/aromatic N) is 2. The Balaban J connectivity index is 2.01. The summed E-state index contributed by atoms with van der Waals surface area (Å²) in [6.45, 7) is 9.26. The molecule has 2 aromatic carbocycles. The minimum absolute atomic E-state index is 0.0573. The van der Waals surface area contributed by atoms with Gasteiger partial charge in [0.25, 0.3) is 0 Å². The number of rotatable bonds is 4. The van der Waals surface area contributed by atoms with E-state index in [1.165, 1.54) is 28.6 Å². The molecule has 2 aliphatic rings. The van der Waals surface area contributed by atoms with Gasteiger partial charge >= 0.3 is 10.3 Å². The molecule has 0 aliphatic carbocycles. The van der Waals surface area contributed by atoms with E-state index < -0.39 is 32.0 Å². The van der Waals surface area contributed by atoms with Gasteiger partial charge in [-0.05, 0) is 31.0 Å². The highest BCUT2D eigenvalue weighted by molar-refractivity contribution is 7.89. The normalized spacial score (nSPS) is 25.6. The zero-order valence-electron chi connectivity index (χ0n) is 17.3. The summed E-state index contributed by atoms with van der Waals surface area (Å²) in [5.74, 6) is -0.344. The molecule has 2 aliphatic heterocycles. The molecule has 0 N–H and O–H groups in total. The Morgan fingerprint density at radius 2 is 1.87 bits per heavy atom. The van der Waals surface area contributed by atoms with E-state index in [-0.39, 0.29) is 28.1 Å². The molecule has 0 bridgehead atoms. The zero-order chi connectivity index (χ0) is 22.8. The van der Waals surface area contributed by atoms with Crippen molar-refractivity contribution in [2.75, 3.05) is 6.54 Å². The van der Waals surface area contributed by atoms with Crippen LogP contribution in [0.5, 0.6) is 5.75 Å². The summed E-state index contributed by atoms with van der Waals surface area (Å²) >= 11 is 6.23. The third-order valence-electron chi connectivity index (χ3n) is 6.00. The van der Waals surface area contributed by atoms with Crippen LogP contribution >= 0.6 is 11.6 Å². The molecule has 0 aromatic heterocycles. The molecule has 7 nitrogen and oxygen atoms in total. The Morgan fingerprint density at radius 1 is 1.23 bits per heavy atom. The summed E-state index contributed by atoms with van der Waals surface area (Å²) in [7, 11) is -8.44. The minimum atomic E-state index is -4.37. The second-order valence-corrected chi connectivity index (χ2v) is 11.8. The molecule has 1 fully saturated rings. The lowest BCUT2D eigenvalue weighted by molar-refractivity contribution is 0.167. The van der Waals surface area contributed by atoms with Gasteiger partial charge in [0.15, 0.2) is 5.75 Å². The van der Waals surface area contributed by atoms with E-state index in [4.69, 9.17) is 15.8 Å². The van der Waals surface area contributed by atoms with Gasteiger partial charge in [-0.2, -0.15) is 12.7 Å². The van der Waals surface area contributed by atoms with E-state index in [0.29, 0.717) is 5.56 Å². The Morgan fingerprint density at radius 3 is 2.45 bits per heavy atom. The van der Waals surface area contributed by atoms with E-state index in [2.05, 4.69) is 6.58 Å². The lowest BCUT2D eigenvalue weighted by atomic mass is 9.87. The average molecular weight is 483 g/mol. The molecular formula is C21H23ClN2O5S2. The molecule has 4 rings (SSSR count). The Bertz CT molecular complexity index is 1260. The summed E-state index contributed by atoms with van der Waals surface area (Å²) in [4.78, 5) is 0.0779. The largest absolute Gasteiger partial charge is 0.387 e. The van der Waals surface area contributed by atoms with Crippen LogP contribution in [0, 0.1) is 12.8 Å². The molecule has 0 amide bonds. The molecule has 0 unspecified atom stereocenters. The number of sulfonamides is 1. The van der Waals surface area contributed by atoms with Crippen LogP contribution in [0.2, 0.25) is 5.02 Å². The Kier molecular flexibility index (Phi) is 5.26. The Labute approximate surface area is 188 Å². The number of para-hydroxylation sites is 1. The molecule has 2 atom stereocenters. The smallest absolute Gasteiger partial charge is 0.369 e. The molecule has 10 heteroatoms. The average Bonchev–Trinajstić information content (AvgIpc) is 3.08. The van der Waals surface area contributed by atoms with Crippen LogP contribution in [0.4, 0.5) is 0 Å². The van der Waals surface area contributed by atoms with Crippen LogP contribution in [0.1, 0.15) is 31.1 Å². The van der Waals surface area contributed by atoms with E-state index >= 15 is 0 Å². The number of halogens is 1. The van der Waals surface area contributed by atoms with E-state index in [9.17, 15) is 16.8 Å². The van der Waals surface area contributed by atoms with Gasteiger partial charge in [0.05, 0.1) is 15.5 Å². The SMILES string of the molecule is C=C[C@@]1(C(C)C)CN(S(=O)(=O)c2ccc(C)cc2)[C@H]2c3cccc(Cl)c3OS(=O)(=O)N21. The molecule has 166 valence electrons. The van der Waals surface area contributed by atoms with Gasteiger partial charge in [-0.15, -0.1) is 10.9 Å². The molecular weight excluding hydrogens is 460 g/mol. The molecule has 1 saturated heterocycles. The van der Waals surface area contributed by atoms with Crippen LogP contribution in [-0.4, -0.2) is 37.5 Å². The van der Waals surface area contributed by atoms with Gasteiger partial charge in [0.1, 0.15) is 6.17 Å². The first-order chi connectivity index (χ1) is 14.5. The maximum Gasteiger partial charge on any atom is 0.387 e. The van der Waals surface area contributed by atoms with Crippen LogP contribution < -0.4 is 4.18 Å². The van der Waals surface area contributed by atoms with Gasteiger partial charge in [-0.1, -0.05) is 61.4 Å². The molecule has 0 radical (unpaired) electrons. The van der Waals surface area contributed by atoms with Crippen LogP contribution in [0.3, 0.4) is 0 Å². The summed E-state index contributed by atoms with van der Waals surface area (Å²) in [6, 6.07) is 11.2. The molecule has 2 aromatic rings. The lowest BCUT2D eigenvalue weighted by Gasteiger charge is -2.41. The fourth-order valence-electron chi connectivity index (χ4n) is 4.21. The predicted molar refractivity (Wildman–Crippen MR) is 118 cm³/mol. The highest BCUT2D eigenvalue weighted by Gasteiger charge is 2.63. The van der Waals surface area contributed by atoms with E-state index in [1.54, 1.807) is 24.3 Å². The number of aryl methyl sites for hydroxylation is 1. The van der Waals surface area contributed by atoms with E-state index in [0.717, 1.165) is 9.87 Å². The summed E-state index contributed by atoms with van der Waals surface area (Å²) in [5, 5.41) is 0.0917. The van der Waals surface area contributed by atoms with Crippen molar-refractivity contribution in [1.29, 1.82) is 0 Å². The topological polar surface area (TPSA) is 84.0 Å². The van der Waals surface area contributed by atoms with Crippen molar-refractivity contribution in [2.24, 2.45) is 5.92 Å². The van der Waals surface area contributed by atoms with Crippen molar-refractivity contribution >= 4 is 31.9 Å². The van der Waals surface area contributed by atoms with Crippen LogP contribution in [0.15, 0.2) is 60.0 Å². The lowest BCUT2D eigenvalue weighted by Crippen LogP contribution is -2.54. The van der Waals surface area contributed by atoms with Crippen molar-refractivity contribution < 1.29 is 21.0 Å². The summed E-state index contributed by atoms with van der Waals surface area (Å²) in [5.41, 5.74) is 0.0686. The number of hydrogen-bond acceptors (Lipinski definition) is 5.